The van der Waals surface area contributed by atoms with E-state index < -0.39 is 5.63 Å². The molecule has 0 aliphatic heterocycles. The predicted molar refractivity (Wildman–Crippen MR) is 103 cm³/mol. The van der Waals surface area contributed by atoms with Crippen molar-refractivity contribution in [1.82, 2.24) is 20.2 Å². The molecule has 0 radical (unpaired) electrons. The molecule has 0 aliphatic rings. The van der Waals surface area contributed by atoms with Gasteiger partial charge in [-0.3, -0.25) is 0 Å². The number of hydrogen-bond acceptors (Lipinski definition) is 7. The molecule has 9 heteroatoms. The first-order chi connectivity index (χ1) is 13.0. The number of nitrogens with zero attached hydrogens (tertiary/aromatic N) is 4. The molecule has 4 rings (SSSR count). The number of benzene rings is 2. The summed E-state index contributed by atoms with van der Waals surface area (Å²) in [5, 5.41) is 23.0. The fraction of sp³-hybridized carbons (Fsp3) is 0.111. The van der Waals surface area contributed by atoms with Crippen molar-refractivity contribution in [1.29, 1.82) is 0 Å². The Bertz CT molecular complexity index is 1200. The van der Waals surface area contributed by atoms with Crippen molar-refractivity contribution in [3.63, 3.8) is 0 Å². The summed E-state index contributed by atoms with van der Waals surface area (Å²) in [5.41, 5.74) is 2.44. The zero-order valence-electron chi connectivity index (χ0n) is 14.1. The van der Waals surface area contributed by atoms with Gasteiger partial charge in [0.2, 0.25) is 5.16 Å². The highest BCUT2D eigenvalue weighted by atomic mass is 35.5. The van der Waals surface area contributed by atoms with E-state index >= 15 is 0 Å². The third-order valence-electron chi connectivity index (χ3n) is 3.94. The van der Waals surface area contributed by atoms with E-state index in [0.29, 0.717) is 21.9 Å². The molecule has 0 amide bonds. The van der Waals surface area contributed by atoms with Gasteiger partial charge in [0.05, 0.1) is 10.7 Å². The smallest absolute Gasteiger partial charge is 0.336 e. The molecule has 136 valence electrons. The fourth-order valence-corrected chi connectivity index (χ4v) is 3.73. The van der Waals surface area contributed by atoms with E-state index in [-0.39, 0.29) is 16.4 Å². The molecule has 2 aromatic carbocycles. The molecular formula is C18H13ClN4O3S. The van der Waals surface area contributed by atoms with Gasteiger partial charge in [-0.2, -0.15) is 4.68 Å². The molecule has 27 heavy (non-hydrogen) atoms. The molecule has 0 saturated heterocycles. The van der Waals surface area contributed by atoms with Gasteiger partial charge in [-0.05, 0) is 46.7 Å². The number of aryl methyl sites for hydroxylation is 1. The zero-order chi connectivity index (χ0) is 19.0. The van der Waals surface area contributed by atoms with Crippen LogP contribution in [0.25, 0.3) is 16.7 Å². The van der Waals surface area contributed by atoms with Gasteiger partial charge in [0.15, 0.2) is 0 Å². The molecule has 0 aliphatic carbocycles. The lowest BCUT2D eigenvalue weighted by Gasteiger charge is -2.07. The number of rotatable bonds is 4. The topological polar surface area (TPSA) is 94.0 Å². The maximum Gasteiger partial charge on any atom is 0.336 e. The molecule has 0 fully saturated rings. The zero-order valence-corrected chi connectivity index (χ0v) is 15.7. The van der Waals surface area contributed by atoms with E-state index in [1.165, 1.54) is 23.9 Å². The Morgan fingerprint density at radius 1 is 1.26 bits per heavy atom. The lowest BCUT2D eigenvalue weighted by Crippen LogP contribution is -2.02. The highest BCUT2D eigenvalue weighted by Crippen LogP contribution is 2.32. The number of thioether (sulfide) groups is 1. The molecule has 0 saturated carbocycles. The first kappa shape index (κ1) is 17.6. The Kier molecular flexibility index (Phi) is 4.59. The first-order valence-corrected chi connectivity index (χ1v) is 9.31. The van der Waals surface area contributed by atoms with Crippen molar-refractivity contribution in [3.05, 3.63) is 69.0 Å². The number of hydrogen-bond donors (Lipinski definition) is 1. The van der Waals surface area contributed by atoms with E-state index in [1.54, 1.807) is 10.7 Å². The predicted octanol–water partition coefficient (Wildman–Crippen LogP) is 3.73. The molecular weight excluding hydrogens is 388 g/mol. The third kappa shape index (κ3) is 3.54. The summed E-state index contributed by atoms with van der Waals surface area (Å²) in [6, 6.07) is 12.2. The summed E-state index contributed by atoms with van der Waals surface area (Å²) in [6.45, 7) is 2.00. The highest BCUT2D eigenvalue weighted by Gasteiger charge is 2.13. The van der Waals surface area contributed by atoms with Gasteiger partial charge >= 0.3 is 5.63 Å². The second-order valence-corrected chi connectivity index (χ2v) is 7.24. The van der Waals surface area contributed by atoms with Crippen LogP contribution in [0.1, 0.15) is 11.1 Å². The van der Waals surface area contributed by atoms with Crippen molar-refractivity contribution < 1.29 is 9.52 Å². The number of aromatic nitrogens is 4. The largest absolute Gasteiger partial charge is 0.506 e. The SMILES string of the molecule is Cc1cccc(-n2nnnc2SCc2cc(=O)oc3cc(O)c(Cl)cc23)c1. The lowest BCUT2D eigenvalue weighted by atomic mass is 10.1. The summed E-state index contributed by atoms with van der Waals surface area (Å²) in [4.78, 5) is 11.9. The molecule has 0 spiro atoms. The summed E-state index contributed by atoms with van der Waals surface area (Å²) in [7, 11) is 0. The molecule has 0 unspecified atom stereocenters. The van der Waals surface area contributed by atoms with Crippen molar-refractivity contribution in [2.24, 2.45) is 0 Å². The van der Waals surface area contributed by atoms with Gasteiger partial charge in [-0.15, -0.1) is 5.10 Å². The van der Waals surface area contributed by atoms with Crippen LogP contribution in [0.5, 0.6) is 5.75 Å². The van der Waals surface area contributed by atoms with Gasteiger partial charge in [0.1, 0.15) is 11.3 Å². The van der Waals surface area contributed by atoms with Crippen LogP contribution in [0.3, 0.4) is 0 Å². The minimum absolute atomic E-state index is 0.138. The summed E-state index contributed by atoms with van der Waals surface area (Å²) >= 11 is 7.39. The number of phenolic OH excluding ortho intramolecular Hbond substituents is 1. The second kappa shape index (κ2) is 7.05. The third-order valence-corrected chi connectivity index (χ3v) is 5.21. The van der Waals surface area contributed by atoms with Crippen molar-refractivity contribution in [2.45, 2.75) is 17.8 Å². The van der Waals surface area contributed by atoms with E-state index in [0.717, 1.165) is 11.3 Å². The number of phenols is 1. The van der Waals surface area contributed by atoms with E-state index in [2.05, 4.69) is 15.5 Å². The fourth-order valence-electron chi connectivity index (χ4n) is 2.69. The standard InChI is InChI=1S/C18H13ClN4O3S/c1-10-3-2-4-12(5-10)23-18(20-21-22-23)27-9-11-6-17(25)26-16-8-15(24)14(19)7-13(11)16/h2-8,24H,9H2,1H3. The van der Waals surface area contributed by atoms with Gasteiger partial charge < -0.3 is 9.52 Å². The molecule has 1 N–H and O–H groups in total. The van der Waals surface area contributed by atoms with Crippen LogP contribution in [0.2, 0.25) is 5.02 Å². The number of aromatic hydroxyl groups is 1. The number of halogens is 1. The lowest BCUT2D eigenvalue weighted by molar-refractivity contribution is 0.473. The Morgan fingerprint density at radius 3 is 2.93 bits per heavy atom. The van der Waals surface area contributed by atoms with Crippen molar-refractivity contribution in [2.75, 3.05) is 0 Å². The number of tetrazole rings is 1. The molecule has 0 bridgehead atoms. The van der Waals surface area contributed by atoms with Crippen LogP contribution < -0.4 is 5.63 Å². The maximum atomic E-state index is 11.9. The van der Waals surface area contributed by atoms with E-state index in [9.17, 15) is 9.90 Å². The van der Waals surface area contributed by atoms with Gasteiger partial charge in [-0.25, -0.2) is 4.79 Å². The molecule has 2 aromatic heterocycles. The average molecular weight is 401 g/mol. The van der Waals surface area contributed by atoms with E-state index in [1.807, 2.05) is 31.2 Å². The Morgan fingerprint density at radius 2 is 2.11 bits per heavy atom. The van der Waals surface area contributed by atoms with Crippen LogP contribution >= 0.6 is 23.4 Å². The highest BCUT2D eigenvalue weighted by molar-refractivity contribution is 7.98. The molecule has 4 aromatic rings. The van der Waals surface area contributed by atoms with Crippen LogP contribution in [-0.4, -0.2) is 25.3 Å². The minimum Gasteiger partial charge on any atom is -0.506 e. The van der Waals surface area contributed by atoms with Crippen molar-refractivity contribution >= 4 is 34.3 Å². The molecule has 7 nitrogen and oxygen atoms in total. The average Bonchev–Trinajstić information content (AvgIpc) is 3.10. The van der Waals surface area contributed by atoms with Gasteiger partial charge in [0.25, 0.3) is 0 Å². The minimum atomic E-state index is -0.502. The Balaban J connectivity index is 1.68. The van der Waals surface area contributed by atoms with Gasteiger partial charge in [-0.1, -0.05) is 35.5 Å². The maximum absolute atomic E-state index is 11.9. The summed E-state index contributed by atoms with van der Waals surface area (Å²) in [5.74, 6) is 0.288. The monoisotopic (exact) mass is 400 g/mol. The van der Waals surface area contributed by atoms with Crippen LogP contribution in [0.4, 0.5) is 0 Å². The summed E-state index contributed by atoms with van der Waals surface area (Å²) < 4.78 is 6.80. The quantitative estimate of drug-likeness (QED) is 0.412. The second-order valence-electron chi connectivity index (χ2n) is 5.89. The number of fused-ring (bicyclic) bond motifs is 1. The normalized spacial score (nSPS) is 11.2. The Hall–Kier alpha value is -2.84. The summed E-state index contributed by atoms with van der Waals surface area (Å²) in [6.07, 6.45) is 0. The van der Waals surface area contributed by atoms with Crippen molar-refractivity contribution in [3.8, 4) is 11.4 Å². The van der Waals surface area contributed by atoms with Crippen LogP contribution in [0.15, 0.2) is 56.8 Å². The first-order valence-electron chi connectivity index (χ1n) is 7.95. The molecule has 2 heterocycles. The molecule has 0 atom stereocenters. The van der Waals surface area contributed by atoms with Crippen LogP contribution in [0, 0.1) is 6.92 Å². The van der Waals surface area contributed by atoms with Gasteiger partial charge in [0, 0.05) is 23.3 Å². The van der Waals surface area contributed by atoms with Crippen LogP contribution in [-0.2, 0) is 5.75 Å². The Labute approximate surface area is 162 Å². The van der Waals surface area contributed by atoms with E-state index in [4.69, 9.17) is 16.0 Å².